The van der Waals surface area contributed by atoms with Crippen LogP contribution in [0.5, 0.6) is 0 Å². The van der Waals surface area contributed by atoms with Crippen molar-refractivity contribution in [2.24, 2.45) is 0 Å². The summed E-state index contributed by atoms with van der Waals surface area (Å²) >= 11 is 5.65. The van der Waals surface area contributed by atoms with E-state index >= 15 is 0 Å². The highest BCUT2D eigenvalue weighted by Crippen LogP contribution is 2.21. The molecule has 0 atom stereocenters. The van der Waals surface area contributed by atoms with Crippen LogP contribution in [-0.4, -0.2) is 17.4 Å². The number of benzene rings is 1. The number of carbonyl (C=O) groups is 2. The van der Waals surface area contributed by atoms with Crippen LogP contribution in [-0.2, 0) is 0 Å². The summed E-state index contributed by atoms with van der Waals surface area (Å²) in [5, 5.41) is 8.95. The molecule has 0 spiro atoms. The molecule has 0 saturated heterocycles. The first-order valence-corrected chi connectivity index (χ1v) is 3.93. The topological polar surface area (TPSA) is 54.4 Å². The van der Waals surface area contributed by atoms with Crippen LogP contribution in [0.1, 0.15) is 26.3 Å². The maximum Gasteiger partial charge on any atom is 0.336 e. The van der Waals surface area contributed by atoms with Gasteiger partial charge in [0.1, 0.15) is 0 Å². The van der Waals surface area contributed by atoms with Crippen molar-refractivity contribution in [3.05, 3.63) is 33.8 Å². The molecule has 0 fully saturated rings. The number of hydrogen-bond donors (Lipinski definition) is 1. The quantitative estimate of drug-likeness (QED) is 0.741. The van der Waals surface area contributed by atoms with Crippen molar-refractivity contribution < 1.29 is 14.7 Å². The van der Waals surface area contributed by atoms with Crippen molar-refractivity contribution in [1.82, 2.24) is 0 Å². The molecule has 13 heavy (non-hydrogen) atoms. The summed E-state index contributed by atoms with van der Waals surface area (Å²) in [7, 11) is 0. The van der Waals surface area contributed by atoms with E-state index in [1.807, 2.05) is 0 Å². The zero-order valence-electron chi connectivity index (χ0n) is 6.87. The minimum Gasteiger partial charge on any atom is -0.478 e. The predicted molar refractivity (Wildman–Crippen MR) is 48.5 cm³/mol. The van der Waals surface area contributed by atoms with Crippen molar-refractivity contribution in [3.8, 4) is 0 Å². The normalized spacial score (nSPS) is 9.69. The van der Waals surface area contributed by atoms with Crippen LogP contribution in [0.2, 0.25) is 5.02 Å². The van der Waals surface area contributed by atoms with Crippen molar-refractivity contribution >= 4 is 23.9 Å². The average Bonchev–Trinajstić information content (AvgIpc) is 2.07. The minimum atomic E-state index is -1.14. The smallest absolute Gasteiger partial charge is 0.336 e. The molecular weight excluding hydrogens is 192 g/mol. The van der Waals surface area contributed by atoms with Crippen LogP contribution in [0.25, 0.3) is 0 Å². The summed E-state index contributed by atoms with van der Waals surface area (Å²) in [5.74, 6) is -1.14. The number of rotatable bonds is 2. The lowest BCUT2D eigenvalue weighted by Gasteiger charge is -2.04. The first kappa shape index (κ1) is 9.74. The van der Waals surface area contributed by atoms with Crippen LogP contribution >= 0.6 is 11.6 Å². The van der Waals surface area contributed by atoms with E-state index in [0.29, 0.717) is 11.8 Å². The first-order valence-electron chi connectivity index (χ1n) is 3.55. The van der Waals surface area contributed by atoms with Gasteiger partial charge in [0, 0.05) is 5.56 Å². The summed E-state index contributed by atoms with van der Waals surface area (Å²) in [6, 6.07) is 3.08. The van der Waals surface area contributed by atoms with Crippen molar-refractivity contribution in [2.45, 2.75) is 6.92 Å². The molecule has 0 bridgehead atoms. The van der Waals surface area contributed by atoms with E-state index in [9.17, 15) is 9.59 Å². The SMILES string of the molecule is Cc1ccc(Cl)c(C=O)c1C(=O)O. The fourth-order valence-electron chi connectivity index (χ4n) is 1.10. The molecule has 0 unspecified atom stereocenters. The molecule has 0 aromatic heterocycles. The third-order valence-electron chi connectivity index (χ3n) is 1.73. The summed E-state index contributed by atoms with van der Waals surface area (Å²) < 4.78 is 0. The molecular formula is C9H7ClO3. The second-order valence-electron chi connectivity index (χ2n) is 2.58. The number of carbonyl (C=O) groups excluding carboxylic acids is 1. The summed E-state index contributed by atoms with van der Waals surface area (Å²) in [6.45, 7) is 1.62. The zero-order chi connectivity index (χ0) is 10.0. The second kappa shape index (κ2) is 3.58. The van der Waals surface area contributed by atoms with Crippen molar-refractivity contribution in [2.75, 3.05) is 0 Å². The average molecular weight is 199 g/mol. The van der Waals surface area contributed by atoms with Crippen molar-refractivity contribution in [3.63, 3.8) is 0 Å². The van der Waals surface area contributed by atoms with E-state index in [1.165, 1.54) is 6.07 Å². The first-order chi connectivity index (χ1) is 6.07. The van der Waals surface area contributed by atoms with E-state index < -0.39 is 5.97 Å². The molecule has 0 heterocycles. The van der Waals surface area contributed by atoms with Gasteiger partial charge in [-0.05, 0) is 18.6 Å². The molecule has 0 aliphatic rings. The molecule has 0 aliphatic carbocycles. The van der Waals surface area contributed by atoms with E-state index in [1.54, 1.807) is 13.0 Å². The lowest BCUT2D eigenvalue weighted by atomic mass is 10.0. The Morgan fingerprint density at radius 3 is 2.54 bits per heavy atom. The molecule has 1 N–H and O–H groups in total. The fourth-order valence-corrected chi connectivity index (χ4v) is 1.30. The maximum atomic E-state index is 10.7. The summed E-state index contributed by atoms with van der Waals surface area (Å²) in [4.78, 5) is 21.3. The van der Waals surface area contributed by atoms with E-state index in [2.05, 4.69) is 0 Å². The number of carboxylic acid groups (broad SMARTS) is 1. The lowest BCUT2D eigenvalue weighted by Crippen LogP contribution is -2.05. The molecule has 0 saturated carbocycles. The van der Waals surface area contributed by atoms with Crippen LogP contribution in [0.4, 0.5) is 0 Å². The standard InChI is InChI=1S/C9H7ClO3/c1-5-2-3-7(10)6(4-11)8(5)9(12)13/h2-4H,1H3,(H,12,13). The van der Waals surface area contributed by atoms with Gasteiger partial charge in [-0.2, -0.15) is 0 Å². The van der Waals surface area contributed by atoms with Gasteiger partial charge in [-0.1, -0.05) is 17.7 Å². The highest BCUT2D eigenvalue weighted by molar-refractivity contribution is 6.33. The van der Waals surface area contributed by atoms with Gasteiger partial charge in [0.2, 0.25) is 0 Å². The Hall–Kier alpha value is -1.35. The molecule has 1 aromatic rings. The van der Waals surface area contributed by atoms with E-state index in [4.69, 9.17) is 16.7 Å². The fraction of sp³-hybridized carbons (Fsp3) is 0.111. The molecule has 0 amide bonds. The summed E-state index contributed by atoms with van der Waals surface area (Å²) in [6.07, 6.45) is 0.457. The molecule has 1 aromatic carbocycles. The Balaban J connectivity index is 3.52. The van der Waals surface area contributed by atoms with Gasteiger partial charge in [-0.25, -0.2) is 4.79 Å². The number of aryl methyl sites for hydroxylation is 1. The van der Waals surface area contributed by atoms with E-state index in [0.717, 1.165) is 0 Å². The van der Waals surface area contributed by atoms with E-state index in [-0.39, 0.29) is 16.1 Å². The number of hydrogen-bond acceptors (Lipinski definition) is 2. The van der Waals surface area contributed by atoms with Gasteiger partial charge in [0.25, 0.3) is 0 Å². The lowest BCUT2D eigenvalue weighted by molar-refractivity contribution is 0.0693. The number of aromatic carboxylic acids is 1. The Labute approximate surface area is 79.9 Å². The van der Waals surface area contributed by atoms with Gasteiger partial charge in [-0.3, -0.25) is 4.79 Å². The van der Waals surface area contributed by atoms with Gasteiger partial charge in [-0.15, -0.1) is 0 Å². The van der Waals surface area contributed by atoms with Gasteiger partial charge in [0.05, 0.1) is 10.6 Å². The Kier molecular flexibility index (Phi) is 2.68. The predicted octanol–water partition coefficient (Wildman–Crippen LogP) is 2.16. The molecule has 0 radical (unpaired) electrons. The Morgan fingerprint density at radius 1 is 1.54 bits per heavy atom. The monoisotopic (exact) mass is 198 g/mol. The Morgan fingerprint density at radius 2 is 2.15 bits per heavy atom. The Bertz CT molecular complexity index is 371. The third-order valence-corrected chi connectivity index (χ3v) is 2.06. The van der Waals surface area contributed by atoms with Crippen LogP contribution in [0.15, 0.2) is 12.1 Å². The van der Waals surface area contributed by atoms with Gasteiger partial charge in [0.15, 0.2) is 6.29 Å². The number of halogens is 1. The van der Waals surface area contributed by atoms with Crippen molar-refractivity contribution in [1.29, 1.82) is 0 Å². The molecule has 4 heteroatoms. The number of carboxylic acids is 1. The van der Waals surface area contributed by atoms with Crippen LogP contribution in [0.3, 0.4) is 0 Å². The minimum absolute atomic E-state index is 0.0255. The third kappa shape index (κ3) is 1.70. The molecule has 68 valence electrons. The number of aldehydes is 1. The zero-order valence-corrected chi connectivity index (χ0v) is 7.63. The highest BCUT2D eigenvalue weighted by Gasteiger charge is 2.15. The van der Waals surface area contributed by atoms with Gasteiger partial charge >= 0.3 is 5.97 Å². The van der Waals surface area contributed by atoms with Crippen LogP contribution < -0.4 is 0 Å². The molecule has 3 nitrogen and oxygen atoms in total. The molecule has 1 rings (SSSR count). The van der Waals surface area contributed by atoms with Crippen LogP contribution in [0, 0.1) is 6.92 Å². The summed E-state index contributed by atoms with van der Waals surface area (Å²) in [5.41, 5.74) is 0.538. The highest BCUT2D eigenvalue weighted by atomic mass is 35.5. The van der Waals surface area contributed by atoms with Gasteiger partial charge < -0.3 is 5.11 Å². The largest absolute Gasteiger partial charge is 0.478 e. The second-order valence-corrected chi connectivity index (χ2v) is 2.98. The maximum absolute atomic E-state index is 10.7. The molecule has 0 aliphatic heterocycles.